The summed E-state index contributed by atoms with van der Waals surface area (Å²) in [7, 11) is 0. The highest BCUT2D eigenvalue weighted by Gasteiger charge is 2.20. The Morgan fingerprint density at radius 1 is 1.04 bits per heavy atom. The van der Waals surface area contributed by atoms with E-state index in [2.05, 4.69) is 5.32 Å². The molecule has 1 unspecified atom stereocenters. The van der Waals surface area contributed by atoms with E-state index in [4.69, 9.17) is 16.3 Å². The fraction of sp³-hybridized carbons (Fsp3) is 0.118. The number of halogens is 1. The van der Waals surface area contributed by atoms with Crippen LogP contribution in [0.2, 0.25) is 5.02 Å². The number of ketones is 1. The molecule has 23 heavy (non-hydrogen) atoms. The molecule has 1 amide bonds. The van der Waals surface area contributed by atoms with Gasteiger partial charge in [0.25, 0.3) is 0 Å². The minimum absolute atomic E-state index is 0.289. The van der Waals surface area contributed by atoms with E-state index in [1.54, 1.807) is 36.4 Å². The Kier molecular flexibility index (Phi) is 5.49. The summed E-state index contributed by atoms with van der Waals surface area (Å²) < 4.78 is 5.17. The van der Waals surface area contributed by atoms with Gasteiger partial charge >= 0.3 is 5.97 Å². The number of hydrogen-bond acceptors (Lipinski definition) is 4. The van der Waals surface area contributed by atoms with Crippen molar-refractivity contribution in [3.05, 3.63) is 64.7 Å². The summed E-state index contributed by atoms with van der Waals surface area (Å²) in [6.45, 7) is 1.51. The van der Waals surface area contributed by atoms with Crippen LogP contribution >= 0.6 is 11.6 Å². The van der Waals surface area contributed by atoms with Crippen LogP contribution in [0.25, 0.3) is 0 Å². The van der Waals surface area contributed by atoms with Gasteiger partial charge in [-0.15, -0.1) is 0 Å². The van der Waals surface area contributed by atoms with Gasteiger partial charge in [0.05, 0.1) is 5.56 Å². The summed E-state index contributed by atoms with van der Waals surface area (Å²) in [5, 5.41) is 2.98. The van der Waals surface area contributed by atoms with Gasteiger partial charge in [0.2, 0.25) is 12.2 Å². The fourth-order valence-electron chi connectivity index (χ4n) is 1.90. The van der Waals surface area contributed by atoms with Crippen LogP contribution in [0.1, 0.15) is 27.6 Å². The zero-order chi connectivity index (χ0) is 16.8. The zero-order valence-electron chi connectivity index (χ0n) is 12.3. The summed E-state index contributed by atoms with van der Waals surface area (Å²) in [5.41, 5.74) is 1.26. The van der Waals surface area contributed by atoms with Crippen molar-refractivity contribution >= 4 is 35.5 Å². The third-order valence-electron chi connectivity index (χ3n) is 3.13. The van der Waals surface area contributed by atoms with E-state index in [0.29, 0.717) is 22.7 Å². The van der Waals surface area contributed by atoms with E-state index in [9.17, 15) is 14.4 Å². The van der Waals surface area contributed by atoms with E-state index in [1.165, 1.54) is 19.1 Å². The highest BCUT2D eigenvalue weighted by atomic mass is 35.5. The van der Waals surface area contributed by atoms with Crippen molar-refractivity contribution < 1.29 is 19.1 Å². The molecule has 2 rings (SSSR count). The lowest BCUT2D eigenvalue weighted by atomic mass is 10.1. The van der Waals surface area contributed by atoms with Gasteiger partial charge in [-0.1, -0.05) is 11.6 Å². The maximum Gasteiger partial charge on any atom is 0.338 e. The molecular formula is C17H14ClNO4. The highest BCUT2D eigenvalue weighted by molar-refractivity contribution is 6.30. The maximum absolute atomic E-state index is 12.2. The second-order valence-electron chi connectivity index (χ2n) is 4.76. The topological polar surface area (TPSA) is 72.5 Å². The number of amides is 1. The predicted octanol–water partition coefficient (Wildman–Crippen LogP) is 3.34. The van der Waals surface area contributed by atoms with Gasteiger partial charge in [-0.05, 0) is 55.5 Å². The quantitative estimate of drug-likeness (QED) is 0.500. The molecule has 1 N–H and O–H groups in total. The molecule has 2 aromatic carbocycles. The lowest BCUT2D eigenvalue weighted by Gasteiger charge is -2.12. The maximum atomic E-state index is 12.2. The SMILES string of the molecule is CC(OC(=O)c1ccc(NC=O)cc1)C(=O)c1ccc(Cl)cc1. The molecule has 0 aliphatic rings. The van der Waals surface area contributed by atoms with Crippen molar-refractivity contribution in [1.29, 1.82) is 0 Å². The Morgan fingerprint density at radius 3 is 2.17 bits per heavy atom. The number of anilines is 1. The molecule has 0 saturated carbocycles. The molecule has 1 atom stereocenters. The Labute approximate surface area is 138 Å². The van der Waals surface area contributed by atoms with Gasteiger partial charge < -0.3 is 10.1 Å². The fourth-order valence-corrected chi connectivity index (χ4v) is 2.03. The molecule has 0 aliphatic heterocycles. The van der Waals surface area contributed by atoms with Crippen LogP contribution in [0.5, 0.6) is 0 Å². The number of carbonyl (C=O) groups excluding carboxylic acids is 3. The molecule has 2 aromatic rings. The van der Waals surface area contributed by atoms with Crippen LogP contribution in [0.4, 0.5) is 5.69 Å². The van der Waals surface area contributed by atoms with Gasteiger partial charge in [-0.25, -0.2) is 4.79 Å². The van der Waals surface area contributed by atoms with E-state index < -0.39 is 12.1 Å². The second kappa shape index (κ2) is 7.56. The minimum Gasteiger partial charge on any atom is -0.451 e. The molecule has 0 fully saturated rings. The molecule has 0 aromatic heterocycles. The smallest absolute Gasteiger partial charge is 0.338 e. The van der Waals surface area contributed by atoms with E-state index in [1.807, 2.05) is 0 Å². The number of Topliss-reactive ketones (excluding diaryl/α,β-unsaturated/α-hetero) is 1. The van der Waals surface area contributed by atoms with Gasteiger partial charge in [0.15, 0.2) is 6.10 Å². The van der Waals surface area contributed by atoms with Crippen molar-refractivity contribution in [2.75, 3.05) is 5.32 Å². The first-order chi connectivity index (χ1) is 11.0. The summed E-state index contributed by atoms with van der Waals surface area (Å²) >= 11 is 5.77. The average molecular weight is 332 g/mol. The van der Waals surface area contributed by atoms with Crippen LogP contribution in [0, 0.1) is 0 Å². The highest BCUT2D eigenvalue weighted by Crippen LogP contribution is 2.14. The van der Waals surface area contributed by atoms with Crippen molar-refractivity contribution in [2.24, 2.45) is 0 Å². The van der Waals surface area contributed by atoms with Crippen molar-refractivity contribution in [2.45, 2.75) is 13.0 Å². The average Bonchev–Trinajstić information content (AvgIpc) is 2.55. The molecular weight excluding hydrogens is 318 g/mol. The number of nitrogens with one attached hydrogen (secondary N) is 1. The summed E-state index contributed by atoms with van der Waals surface area (Å²) in [6, 6.07) is 12.5. The lowest BCUT2D eigenvalue weighted by Crippen LogP contribution is -2.24. The van der Waals surface area contributed by atoms with E-state index in [0.717, 1.165) is 0 Å². The Balaban J connectivity index is 2.02. The van der Waals surface area contributed by atoms with Crippen molar-refractivity contribution in [3.63, 3.8) is 0 Å². The monoisotopic (exact) mass is 331 g/mol. The largest absolute Gasteiger partial charge is 0.451 e. The Morgan fingerprint density at radius 2 is 1.61 bits per heavy atom. The number of hydrogen-bond donors (Lipinski definition) is 1. The number of carbonyl (C=O) groups is 3. The van der Waals surface area contributed by atoms with Crippen LogP contribution in [0.3, 0.4) is 0 Å². The first-order valence-electron chi connectivity index (χ1n) is 6.82. The van der Waals surface area contributed by atoms with Crippen LogP contribution in [-0.2, 0) is 9.53 Å². The third-order valence-corrected chi connectivity index (χ3v) is 3.38. The second-order valence-corrected chi connectivity index (χ2v) is 5.19. The normalized spacial score (nSPS) is 11.4. The molecule has 5 nitrogen and oxygen atoms in total. The van der Waals surface area contributed by atoms with Gasteiger partial charge in [0.1, 0.15) is 0 Å². The van der Waals surface area contributed by atoms with Crippen molar-refractivity contribution in [3.8, 4) is 0 Å². The summed E-state index contributed by atoms with van der Waals surface area (Å²) in [5.74, 6) is -0.924. The predicted molar refractivity (Wildman–Crippen MR) is 86.8 cm³/mol. The number of ether oxygens (including phenoxy) is 1. The molecule has 0 saturated heterocycles. The molecule has 6 heteroatoms. The Hall–Kier alpha value is -2.66. The molecule has 0 heterocycles. The summed E-state index contributed by atoms with van der Waals surface area (Å²) in [6.07, 6.45) is -0.378. The van der Waals surface area contributed by atoms with E-state index in [-0.39, 0.29) is 11.3 Å². The van der Waals surface area contributed by atoms with E-state index >= 15 is 0 Å². The van der Waals surface area contributed by atoms with Gasteiger partial charge in [-0.2, -0.15) is 0 Å². The first-order valence-corrected chi connectivity index (χ1v) is 7.20. The molecule has 0 radical (unpaired) electrons. The molecule has 118 valence electrons. The standard InChI is InChI=1S/C17H14ClNO4/c1-11(16(21)12-2-6-14(18)7-3-12)23-17(22)13-4-8-15(9-5-13)19-10-20/h2-11H,1H3,(H,19,20). The Bertz CT molecular complexity index is 710. The molecule has 0 bridgehead atoms. The van der Waals surface area contributed by atoms with Gasteiger partial charge in [0, 0.05) is 16.3 Å². The first kappa shape index (κ1) is 16.7. The third kappa shape index (κ3) is 4.40. The number of benzene rings is 2. The summed E-state index contributed by atoms with van der Waals surface area (Å²) in [4.78, 5) is 34.5. The van der Waals surface area contributed by atoms with Gasteiger partial charge in [-0.3, -0.25) is 9.59 Å². The molecule has 0 spiro atoms. The van der Waals surface area contributed by atoms with Crippen LogP contribution in [0.15, 0.2) is 48.5 Å². The number of esters is 1. The van der Waals surface area contributed by atoms with Crippen molar-refractivity contribution in [1.82, 2.24) is 0 Å². The number of rotatable bonds is 6. The van der Waals surface area contributed by atoms with Crippen LogP contribution < -0.4 is 5.32 Å². The molecule has 0 aliphatic carbocycles. The van der Waals surface area contributed by atoms with Crippen LogP contribution in [-0.4, -0.2) is 24.3 Å². The lowest BCUT2D eigenvalue weighted by molar-refractivity contribution is -0.105. The minimum atomic E-state index is -0.920. The zero-order valence-corrected chi connectivity index (χ0v) is 13.0.